The van der Waals surface area contributed by atoms with Crippen molar-refractivity contribution >= 4 is 32.9 Å². The number of nitrogens with one attached hydrogen (secondary N) is 2. The van der Waals surface area contributed by atoms with Gasteiger partial charge in [-0.25, -0.2) is 17.7 Å². The molecule has 0 spiro atoms. The second kappa shape index (κ2) is 9.27. The fourth-order valence-corrected chi connectivity index (χ4v) is 4.07. The van der Waals surface area contributed by atoms with E-state index in [1.165, 1.54) is 38.4 Å². The Morgan fingerprint density at radius 2 is 1.81 bits per heavy atom. The van der Waals surface area contributed by atoms with Crippen molar-refractivity contribution in [2.75, 3.05) is 20.6 Å². The smallest absolute Gasteiger partial charge is 0.251 e. The van der Waals surface area contributed by atoms with Crippen molar-refractivity contribution in [3.8, 4) is 0 Å². The summed E-state index contributed by atoms with van der Waals surface area (Å²) in [4.78, 5) is 29.1. The van der Waals surface area contributed by atoms with Crippen LogP contribution in [0.3, 0.4) is 0 Å². The van der Waals surface area contributed by atoms with Crippen LogP contribution in [0.25, 0.3) is 11.0 Å². The maximum atomic E-state index is 12.4. The van der Waals surface area contributed by atoms with E-state index in [1.54, 1.807) is 0 Å². The number of imidazole rings is 1. The van der Waals surface area contributed by atoms with Crippen molar-refractivity contribution in [1.82, 2.24) is 24.5 Å². The summed E-state index contributed by atoms with van der Waals surface area (Å²) in [7, 11) is -0.825. The standard InChI is InChI=1S/C21H25N5O4S/c1-4-26-18-11-6-5-10-17(18)24-19(26)13-22-20(27)14-23-21(28)15-8-7-9-16(12-15)31(29,30)25(2)3/h5-12H,4,13-14H2,1-3H3,(H,22,27)(H,23,28). The zero-order chi connectivity index (χ0) is 22.6. The lowest BCUT2D eigenvalue weighted by molar-refractivity contribution is -0.120. The Labute approximate surface area is 181 Å². The average Bonchev–Trinajstić information content (AvgIpc) is 3.13. The van der Waals surface area contributed by atoms with Crippen LogP contribution < -0.4 is 10.6 Å². The third-order valence-electron chi connectivity index (χ3n) is 4.78. The Hall–Kier alpha value is -3.24. The molecule has 31 heavy (non-hydrogen) atoms. The van der Waals surface area contributed by atoms with Gasteiger partial charge in [0.2, 0.25) is 15.9 Å². The fraction of sp³-hybridized carbons (Fsp3) is 0.286. The van der Waals surface area contributed by atoms with Gasteiger partial charge in [-0.1, -0.05) is 18.2 Å². The zero-order valence-electron chi connectivity index (χ0n) is 17.6. The van der Waals surface area contributed by atoms with Gasteiger partial charge in [-0.05, 0) is 37.3 Å². The van der Waals surface area contributed by atoms with Crippen molar-refractivity contribution in [2.24, 2.45) is 0 Å². The summed E-state index contributed by atoms with van der Waals surface area (Å²) in [5.74, 6) is -0.183. The van der Waals surface area contributed by atoms with E-state index in [0.29, 0.717) is 6.54 Å². The van der Waals surface area contributed by atoms with Gasteiger partial charge in [0.25, 0.3) is 5.91 Å². The summed E-state index contributed by atoms with van der Waals surface area (Å²) in [6.45, 7) is 2.71. The number of hydrogen-bond acceptors (Lipinski definition) is 5. The summed E-state index contributed by atoms with van der Waals surface area (Å²) in [5, 5.41) is 5.26. The largest absolute Gasteiger partial charge is 0.347 e. The molecule has 164 valence electrons. The van der Waals surface area contributed by atoms with Crippen molar-refractivity contribution in [3.05, 3.63) is 59.9 Å². The monoisotopic (exact) mass is 443 g/mol. The number of rotatable bonds is 8. The van der Waals surface area contributed by atoms with Crippen LogP contribution in [0.15, 0.2) is 53.4 Å². The minimum absolute atomic E-state index is 0.00747. The zero-order valence-corrected chi connectivity index (χ0v) is 18.4. The molecule has 3 aromatic rings. The Morgan fingerprint density at radius 1 is 1.06 bits per heavy atom. The lowest BCUT2D eigenvalue weighted by Gasteiger charge is -2.12. The van der Waals surface area contributed by atoms with E-state index in [2.05, 4.69) is 15.6 Å². The van der Waals surface area contributed by atoms with Crippen LogP contribution in [0, 0.1) is 0 Å². The van der Waals surface area contributed by atoms with Crippen LogP contribution in [0.1, 0.15) is 23.1 Å². The first kappa shape index (κ1) is 22.4. The average molecular weight is 444 g/mol. The number of carbonyl (C=O) groups is 2. The van der Waals surface area contributed by atoms with Crippen molar-refractivity contribution < 1.29 is 18.0 Å². The van der Waals surface area contributed by atoms with E-state index < -0.39 is 15.9 Å². The summed E-state index contributed by atoms with van der Waals surface area (Å²) < 4.78 is 27.6. The Balaban J connectivity index is 1.60. The van der Waals surface area contributed by atoms with Gasteiger partial charge in [0.1, 0.15) is 5.82 Å². The lowest BCUT2D eigenvalue weighted by atomic mass is 10.2. The number of carbonyl (C=O) groups excluding carboxylic acids is 2. The summed E-state index contributed by atoms with van der Waals surface area (Å²) in [5.41, 5.74) is 2.01. The van der Waals surface area contributed by atoms with Gasteiger partial charge >= 0.3 is 0 Å². The number of sulfonamides is 1. The predicted octanol–water partition coefficient (Wildman–Crippen LogP) is 1.35. The summed E-state index contributed by atoms with van der Waals surface area (Å²) in [6, 6.07) is 13.4. The van der Waals surface area contributed by atoms with Crippen LogP contribution in [-0.4, -0.2) is 54.7 Å². The quantitative estimate of drug-likeness (QED) is 0.546. The molecule has 0 bridgehead atoms. The molecule has 0 aliphatic carbocycles. The summed E-state index contributed by atoms with van der Waals surface area (Å²) in [6.07, 6.45) is 0. The Bertz CT molecular complexity index is 1220. The third kappa shape index (κ3) is 4.92. The fourth-order valence-electron chi connectivity index (χ4n) is 3.12. The first-order valence-electron chi connectivity index (χ1n) is 9.75. The van der Waals surface area contributed by atoms with Crippen molar-refractivity contribution in [3.63, 3.8) is 0 Å². The van der Waals surface area contributed by atoms with Gasteiger partial charge in [-0.2, -0.15) is 0 Å². The highest BCUT2D eigenvalue weighted by atomic mass is 32.2. The molecule has 0 radical (unpaired) electrons. The molecule has 0 atom stereocenters. The molecule has 3 rings (SSSR count). The molecule has 1 aromatic heterocycles. The van der Waals surface area contributed by atoms with E-state index in [-0.39, 0.29) is 29.5 Å². The molecule has 1 heterocycles. The van der Waals surface area contributed by atoms with Gasteiger partial charge in [0.15, 0.2) is 0 Å². The van der Waals surface area contributed by atoms with Crippen LogP contribution in [0.4, 0.5) is 0 Å². The predicted molar refractivity (Wildman–Crippen MR) is 117 cm³/mol. The first-order valence-corrected chi connectivity index (χ1v) is 11.2. The number of aryl methyl sites for hydroxylation is 1. The van der Waals surface area contributed by atoms with Gasteiger partial charge < -0.3 is 15.2 Å². The molecule has 0 aliphatic rings. The topological polar surface area (TPSA) is 113 Å². The summed E-state index contributed by atoms with van der Waals surface area (Å²) >= 11 is 0. The molecular formula is C21H25N5O4S. The molecule has 0 aliphatic heterocycles. The highest BCUT2D eigenvalue weighted by molar-refractivity contribution is 7.89. The molecule has 2 amide bonds. The normalized spacial score (nSPS) is 11.6. The van der Waals surface area contributed by atoms with E-state index in [0.717, 1.165) is 21.2 Å². The molecule has 2 N–H and O–H groups in total. The maximum absolute atomic E-state index is 12.4. The third-order valence-corrected chi connectivity index (χ3v) is 6.59. The van der Waals surface area contributed by atoms with Gasteiger partial charge in [-0.15, -0.1) is 0 Å². The van der Waals surface area contributed by atoms with Crippen LogP contribution in [0.2, 0.25) is 0 Å². The number of para-hydroxylation sites is 2. The first-order chi connectivity index (χ1) is 14.7. The molecule has 9 nitrogen and oxygen atoms in total. The molecule has 0 unspecified atom stereocenters. The Kier molecular flexibility index (Phi) is 6.71. The van der Waals surface area contributed by atoms with E-state index in [1.807, 2.05) is 35.8 Å². The van der Waals surface area contributed by atoms with Crippen molar-refractivity contribution in [2.45, 2.75) is 24.9 Å². The molecule has 0 fully saturated rings. The SMILES string of the molecule is CCn1c(CNC(=O)CNC(=O)c2cccc(S(=O)(=O)N(C)C)c2)nc2ccccc21. The van der Waals surface area contributed by atoms with Crippen LogP contribution in [-0.2, 0) is 27.9 Å². The number of nitrogens with zero attached hydrogens (tertiary/aromatic N) is 3. The second-order valence-corrected chi connectivity index (χ2v) is 9.19. The molecule has 10 heteroatoms. The number of aromatic nitrogens is 2. The van der Waals surface area contributed by atoms with E-state index in [9.17, 15) is 18.0 Å². The molecular weight excluding hydrogens is 418 g/mol. The molecule has 0 saturated heterocycles. The van der Waals surface area contributed by atoms with Gasteiger partial charge in [0, 0.05) is 26.2 Å². The van der Waals surface area contributed by atoms with E-state index in [4.69, 9.17) is 0 Å². The highest BCUT2D eigenvalue weighted by Crippen LogP contribution is 2.16. The Morgan fingerprint density at radius 3 is 2.52 bits per heavy atom. The molecule has 0 saturated carbocycles. The lowest BCUT2D eigenvalue weighted by Crippen LogP contribution is -2.37. The number of fused-ring (bicyclic) bond motifs is 1. The van der Waals surface area contributed by atoms with Gasteiger partial charge in [-0.3, -0.25) is 9.59 Å². The number of amides is 2. The number of hydrogen-bond donors (Lipinski definition) is 2. The highest BCUT2D eigenvalue weighted by Gasteiger charge is 2.19. The second-order valence-electron chi connectivity index (χ2n) is 7.04. The van der Waals surface area contributed by atoms with Crippen LogP contribution >= 0.6 is 0 Å². The molecule has 2 aromatic carbocycles. The van der Waals surface area contributed by atoms with Gasteiger partial charge in [0.05, 0.1) is 29.0 Å². The van der Waals surface area contributed by atoms with Crippen molar-refractivity contribution in [1.29, 1.82) is 0 Å². The van der Waals surface area contributed by atoms with E-state index >= 15 is 0 Å². The minimum Gasteiger partial charge on any atom is -0.347 e. The maximum Gasteiger partial charge on any atom is 0.251 e. The number of benzene rings is 2. The minimum atomic E-state index is -3.66. The van der Waals surface area contributed by atoms with Crippen LogP contribution in [0.5, 0.6) is 0 Å².